The van der Waals surface area contributed by atoms with Crippen molar-refractivity contribution in [1.29, 1.82) is 0 Å². The first kappa shape index (κ1) is 13.8. The summed E-state index contributed by atoms with van der Waals surface area (Å²) < 4.78 is 32.3. The Morgan fingerprint density at radius 3 is 2.35 bits per heavy atom. The lowest BCUT2D eigenvalue weighted by Gasteiger charge is -2.24. The van der Waals surface area contributed by atoms with Crippen molar-refractivity contribution in [2.45, 2.75) is 25.3 Å². The zero-order chi connectivity index (χ0) is 14.3. The first-order valence-corrected chi connectivity index (χ1v) is 8.14. The maximum atomic E-state index is 12.4. The molecule has 1 unspecified atom stereocenters. The number of carbonyl (C=O) groups is 2. The minimum absolute atomic E-state index is 0.166. The van der Waals surface area contributed by atoms with Crippen LogP contribution in [0, 0.1) is 0 Å². The molecule has 0 aliphatic carbocycles. The van der Waals surface area contributed by atoms with E-state index in [0.29, 0.717) is 26.1 Å². The van der Waals surface area contributed by atoms with Gasteiger partial charge >= 0.3 is 6.09 Å². The second kappa shape index (κ2) is 4.97. The summed E-state index contributed by atoms with van der Waals surface area (Å²) in [5.41, 5.74) is 0. The number of cyclic esters (lactones) is 1. The third-order valence-corrected chi connectivity index (χ3v) is 6.00. The van der Waals surface area contributed by atoms with Crippen LogP contribution in [0.25, 0.3) is 0 Å². The van der Waals surface area contributed by atoms with Gasteiger partial charge in [0.15, 0.2) is 6.61 Å². The summed E-state index contributed by atoms with van der Waals surface area (Å²) in [6.07, 6.45) is 1.56. The van der Waals surface area contributed by atoms with Crippen LogP contribution in [0.1, 0.15) is 19.3 Å². The lowest BCUT2D eigenvalue weighted by Crippen LogP contribution is -2.45. The predicted octanol–water partition coefficient (Wildman–Crippen LogP) is -0.620. The summed E-state index contributed by atoms with van der Waals surface area (Å²) in [5, 5.41) is 0. The normalized spacial score (nSPS) is 29.4. The Kier molecular flexibility index (Phi) is 3.43. The van der Waals surface area contributed by atoms with Crippen molar-refractivity contribution < 1.29 is 22.7 Å². The zero-order valence-electron chi connectivity index (χ0n) is 11.0. The average molecular weight is 303 g/mol. The summed E-state index contributed by atoms with van der Waals surface area (Å²) in [7, 11) is -3.46. The molecule has 0 saturated carbocycles. The first-order valence-electron chi connectivity index (χ1n) is 6.74. The molecule has 112 valence electrons. The van der Waals surface area contributed by atoms with Gasteiger partial charge in [-0.1, -0.05) is 0 Å². The fourth-order valence-electron chi connectivity index (χ4n) is 2.93. The molecule has 0 radical (unpaired) electrons. The summed E-state index contributed by atoms with van der Waals surface area (Å²) in [5.74, 6) is -0.388. The van der Waals surface area contributed by atoms with Gasteiger partial charge in [0.05, 0.1) is 6.04 Å². The van der Waals surface area contributed by atoms with Crippen molar-refractivity contribution in [2.75, 3.05) is 32.8 Å². The molecule has 20 heavy (non-hydrogen) atoms. The Morgan fingerprint density at radius 1 is 1.05 bits per heavy atom. The van der Waals surface area contributed by atoms with Gasteiger partial charge in [-0.15, -0.1) is 0 Å². The molecule has 1 atom stereocenters. The van der Waals surface area contributed by atoms with Crippen LogP contribution in [0.15, 0.2) is 0 Å². The van der Waals surface area contributed by atoms with Gasteiger partial charge in [0.2, 0.25) is 0 Å². The minimum atomic E-state index is -3.46. The molecule has 0 aromatic heterocycles. The molecule has 9 heteroatoms. The number of rotatable bonds is 3. The average Bonchev–Trinajstić information content (AvgIpc) is 3.10. The van der Waals surface area contributed by atoms with E-state index in [2.05, 4.69) is 4.74 Å². The van der Waals surface area contributed by atoms with E-state index in [0.717, 1.165) is 17.7 Å². The highest BCUT2D eigenvalue weighted by atomic mass is 32.2. The molecule has 2 amide bonds. The molecule has 3 aliphatic heterocycles. The molecule has 3 fully saturated rings. The van der Waals surface area contributed by atoms with Crippen molar-refractivity contribution in [2.24, 2.45) is 0 Å². The molecule has 0 aromatic carbocycles. The van der Waals surface area contributed by atoms with Crippen LogP contribution in [0.4, 0.5) is 4.79 Å². The van der Waals surface area contributed by atoms with Crippen LogP contribution in [0.5, 0.6) is 0 Å². The third-order valence-electron chi connectivity index (χ3n) is 3.99. The molecule has 3 saturated heterocycles. The Bertz CT molecular complexity index is 512. The summed E-state index contributed by atoms with van der Waals surface area (Å²) in [4.78, 5) is 24.1. The number of hydrogen-bond acceptors (Lipinski definition) is 5. The maximum Gasteiger partial charge on any atom is 0.417 e. The van der Waals surface area contributed by atoms with Gasteiger partial charge in [-0.3, -0.25) is 4.79 Å². The van der Waals surface area contributed by atoms with Crippen LogP contribution < -0.4 is 0 Å². The van der Waals surface area contributed by atoms with Gasteiger partial charge in [0.1, 0.15) is 0 Å². The molecule has 8 nitrogen and oxygen atoms in total. The number of nitrogens with zero attached hydrogens (tertiary/aromatic N) is 3. The lowest BCUT2D eigenvalue weighted by atomic mass is 10.2. The van der Waals surface area contributed by atoms with Crippen LogP contribution in [0.2, 0.25) is 0 Å². The molecule has 0 aromatic rings. The molecular weight excluding hydrogens is 286 g/mol. The van der Waals surface area contributed by atoms with Crippen LogP contribution in [0.3, 0.4) is 0 Å². The Labute approximate surface area is 117 Å². The fourth-order valence-corrected chi connectivity index (χ4v) is 4.67. The highest BCUT2D eigenvalue weighted by molar-refractivity contribution is 7.86. The zero-order valence-corrected chi connectivity index (χ0v) is 11.8. The number of hydrogen-bond donors (Lipinski definition) is 0. The first-order chi connectivity index (χ1) is 9.50. The van der Waals surface area contributed by atoms with Crippen molar-refractivity contribution >= 4 is 22.2 Å². The van der Waals surface area contributed by atoms with E-state index in [1.165, 1.54) is 8.61 Å². The SMILES string of the molecule is O=C1COC(=O)N1C1CCN(S(=O)(=O)N2CCCC2)C1. The van der Waals surface area contributed by atoms with Gasteiger partial charge < -0.3 is 4.74 Å². The summed E-state index contributed by atoms with van der Waals surface area (Å²) in [6.45, 7) is 1.36. The van der Waals surface area contributed by atoms with Crippen LogP contribution in [-0.2, 0) is 19.7 Å². The monoisotopic (exact) mass is 303 g/mol. The second-order valence-electron chi connectivity index (χ2n) is 5.23. The Hall–Kier alpha value is -1.19. The van der Waals surface area contributed by atoms with E-state index in [1.807, 2.05) is 0 Å². The Morgan fingerprint density at radius 2 is 1.75 bits per heavy atom. The van der Waals surface area contributed by atoms with E-state index in [1.54, 1.807) is 0 Å². The maximum absolute atomic E-state index is 12.4. The molecule has 0 spiro atoms. The molecule has 0 bridgehead atoms. The van der Waals surface area contributed by atoms with Gasteiger partial charge in [-0.05, 0) is 19.3 Å². The van der Waals surface area contributed by atoms with Gasteiger partial charge in [-0.2, -0.15) is 17.0 Å². The highest BCUT2D eigenvalue weighted by Gasteiger charge is 2.44. The number of ether oxygens (including phenoxy) is 1. The van der Waals surface area contributed by atoms with Crippen molar-refractivity contribution in [1.82, 2.24) is 13.5 Å². The smallest absolute Gasteiger partial charge is 0.417 e. The second-order valence-corrected chi connectivity index (χ2v) is 7.16. The highest BCUT2D eigenvalue weighted by Crippen LogP contribution is 2.25. The van der Waals surface area contributed by atoms with Gasteiger partial charge in [0.25, 0.3) is 16.1 Å². The lowest BCUT2D eigenvalue weighted by molar-refractivity contribution is -0.127. The Balaban J connectivity index is 1.70. The molecule has 0 N–H and O–H groups in total. The van der Waals surface area contributed by atoms with Gasteiger partial charge in [0, 0.05) is 26.2 Å². The summed E-state index contributed by atoms with van der Waals surface area (Å²) >= 11 is 0. The standard InChI is InChI=1S/C11H17N3O5S/c15-10-8-19-11(16)14(10)9-3-6-13(7-9)20(17,18)12-4-1-2-5-12/h9H,1-8H2. The molecular formula is C11H17N3O5S. The van der Waals surface area contributed by atoms with Crippen LogP contribution in [-0.4, -0.2) is 72.8 Å². The fraction of sp³-hybridized carbons (Fsp3) is 0.818. The number of imide groups is 1. The van der Waals surface area contributed by atoms with Crippen LogP contribution >= 0.6 is 0 Å². The van der Waals surface area contributed by atoms with E-state index < -0.39 is 22.3 Å². The van der Waals surface area contributed by atoms with Crippen molar-refractivity contribution in [3.63, 3.8) is 0 Å². The van der Waals surface area contributed by atoms with Crippen molar-refractivity contribution in [3.8, 4) is 0 Å². The molecule has 3 heterocycles. The van der Waals surface area contributed by atoms with E-state index in [4.69, 9.17) is 0 Å². The number of carbonyl (C=O) groups excluding carboxylic acids is 2. The largest absolute Gasteiger partial charge is 0.439 e. The van der Waals surface area contributed by atoms with E-state index in [9.17, 15) is 18.0 Å². The van der Waals surface area contributed by atoms with Gasteiger partial charge in [-0.25, -0.2) is 9.69 Å². The minimum Gasteiger partial charge on any atom is -0.439 e. The molecule has 3 aliphatic rings. The van der Waals surface area contributed by atoms with E-state index >= 15 is 0 Å². The number of amides is 2. The third kappa shape index (κ3) is 2.19. The topological polar surface area (TPSA) is 87.2 Å². The molecule has 3 rings (SSSR count). The summed E-state index contributed by atoms with van der Waals surface area (Å²) in [6, 6.07) is -0.408. The van der Waals surface area contributed by atoms with E-state index in [-0.39, 0.29) is 19.1 Å². The predicted molar refractivity (Wildman–Crippen MR) is 67.9 cm³/mol. The van der Waals surface area contributed by atoms with Crippen molar-refractivity contribution in [3.05, 3.63) is 0 Å². The quantitative estimate of drug-likeness (QED) is 0.693.